The molecule has 1 amide bonds. The van der Waals surface area contributed by atoms with Gasteiger partial charge in [-0.05, 0) is 43.7 Å². The topological polar surface area (TPSA) is 53.5 Å². The van der Waals surface area contributed by atoms with E-state index in [-0.39, 0.29) is 11.7 Å². The summed E-state index contributed by atoms with van der Waals surface area (Å²) in [5, 5.41) is 7.12. The van der Waals surface area contributed by atoms with Crippen LogP contribution in [0, 0.1) is 5.82 Å². The Labute approximate surface area is 129 Å². The van der Waals surface area contributed by atoms with Gasteiger partial charge in [-0.3, -0.25) is 4.79 Å². The van der Waals surface area contributed by atoms with Crippen molar-refractivity contribution < 1.29 is 9.18 Å². The predicted molar refractivity (Wildman–Crippen MR) is 86.3 cm³/mol. The Morgan fingerprint density at radius 3 is 2.36 bits per heavy atom. The van der Waals surface area contributed by atoms with Crippen molar-refractivity contribution in [2.45, 2.75) is 19.9 Å². The molecule has 0 aliphatic heterocycles. The molecule has 0 radical (unpaired) electrons. The number of rotatable bonds is 5. The molecule has 2 aromatic rings. The molecule has 0 unspecified atom stereocenters. The zero-order chi connectivity index (χ0) is 15.9. The highest BCUT2D eigenvalue weighted by atomic mass is 19.1. The fourth-order valence-electron chi connectivity index (χ4n) is 1.84. The smallest absolute Gasteiger partial charge is 0.262 e. The van der Waals surface area contributed by atoms with E-state index in [1.165, 1.54) is 12.1 Å². The fourth-order valence-corrected chi connectivity index (χ4v) is 1.84. The number of carbonyl (C=O) groups excluding carboxylic acids is 1. The van der Waals surface area contributed by atoms with E-state index in [0.29, 0.717) is 5.71 Å². The number of halogens is 1. The average Bonchev–Trinajstić information content (AvgIpc) is 2.53. The molecule has 0 fully saturated rings. The molecule has 0 saturated heterocycles. The van der Waals surface area contributed by atoms with Crippen molar-refractivity contribution in [2.75, 3.05) is 5.32 Å². The number of hydrazone groups is 1. The van der Waals surface area contributed by atoms with Crippen molar-refractivity contribution in [2.24, 2.45) is 5.10 Å². The van der Waals surface area contributed by atoms with Gasteiger partial charge in [0, 0.05) is 5.69 Å². The zero-order valence-electron chi connectivity index (χ0n) is 12.5. The molecule has 2 aromatic carbocycles. The summed E-state index contributed by atoms with van der Waals surface area (Å²) in [6, 6.07) is 15.0. The van der Waals surface area contributed by atoms with E-state index in [2.05, 4.69) is 15.8 Å². The Balaban J connectivity index is 1.93. The summed E-state index contributed by atoms with van der Waals surface area (Å²) in [6.07, 6.45) is 0. The van der Waals surface area contributed by atoms with Crippen LogP contribution in [0.4, 0.5) is 10.1 Å². The van der Waals surface area contributed by atoms with Crippen molar-refractivity contribution in [1.82, 2.24) is 5.43 Å². The molecule has 1 atom stereocenters. The summed E-state index contributed by atoms with van der Waals surface area (Å²) in [6.45, 7) is 3.51. The van der Waals surface area contributed by atoms with Gasteiger partial charge in [-0.15, -0.1) is 0 Å². The molecule has 0 aromatic heterocycles. The minimum atomic E-state index is -0.424. The number of hydrogen-bond acceptors (Lipinski definition) is 3. The maximum Gasteiger partial charge on any atom is 0.262 e. The van der Waals surface area contributed by atoms with Gasteiger partial charge in [0.05, 0.1) is 5.71 Å². The van der Waals surface area contributed by atoms with Crippen molar-refractivity contribution in [3.8, 4) is 0 Å². The lowest BCUT2D eigenvalue weighted by atomic mass is 10.1. The first-order valence-electron chi connectivity index (χ1n) is 6.98. The first-order chi connectivity index (χ1) is 10.6. The Bertz CT molecular complexity index is 653. The number of nitrogens with one attached hydrogen (secondary N) is 2. The number of nitrogens with zero attached hydrogens (tertiary/aromatic N) is 1. The Hall–Kier alpha value is -2.69. The van der Waals surface area contributed by atoms with Crippen LogP contribution >= 0.6 is 0 Å². The number of anilines is 1. The first kappa shape index (κ1) is 15.7. The molecule has 5 heteroatoms. The monoisotopic (exact) mass is 299 g/mol. The van der Waals surface area contributed by atoms with Crippen molar-refractivity contribution >= 4 is 17.3 Å². The third-order valence-corrected chi connectivity index (χ3v) is 3.15. The molecule has 0 aliphatic carbocycles. The van der Waals surface area contributed by atoms with Crippen LogP contribution in [0.1, 0.15) is 19.4 Å². The Morgan fingerprint density at radius 2 is 1.73 bits per heavy atom. The van der Waals surface area contributed by atoms with Gasteiger partial charge in [-0.1, -0.05) is 30.3 Å². The van der Waals surface area contributed by atoms with E-state index in [4.69, 9.17) is 0 Å². The van der Waals surface area contributed by atoms with Crippen LogP contribution in [0.15, 0.2) is 59.7 Å². The maximum atomic E-state index is 12.9. The van der Waals surface area contributed by atoms with Crippen molar-refractivity contribution in [3.05, 3.63) is 66.0 Å². The van der Waals surface area contributed by atoms with E-state index >= 15 is 0 Å². The first-order valence-corrected chi connectivity index (χ1v) is 6.98. The summed E-state index contributed by atoms with van der Waals surface area (Å²) in [4.78, 5) is 12.0. The number of para-hydroxylation sites is 1. The lowest BCUT2D eigenvalue weighted by molar-refractivity contribution is -0.121. The highest BCUT2D eigenvalue weighted by Gasteiger charge is 2.11. The van der Waals surface area contributed by atoms with E-state index in [1.54, 1.807) is 26.0 Å². The number of benzene rings is 2. The van der Waals surface area contributed by atoms with Gasteiger partial charge in [0.2, 0.25) is 0 Å². The molecular weight excluding hydrogens is 281 g/mol. The average molecular weight is 299 g/mol. The van der Waals surface area contributed by atoms with E-state index in [1.807, 2.05) is 30.3 Å². The predicted octanol–water partition coefficient (Wildman–Crippen LogP) is 3.17. The van der Waals surface area contributed by atoms with E-state index in [9.17, 15) is 9.18 Å². The Kier molecular flexibility index (Phi) is 5.25. The summed E-state index contributed by atoms with van der Waals surface area (Å²) >= 11 is 0. The van der Waals surface area contributed by atoms with Crippen LogP contribution in [0.25, 0.3) is 0 Å². The van der Waals surface area contributed by atoms with Crippen LogP contribution in [-0.2, 0) is 4.79 Å². The van der Waals surface area contributed by atoms with Crippen LogP contribution in [-0.4, -0.2) is 17.7 Å². The number of carbonyl (C=O) groups is 1. The standard InChI is InChI=1S/C17H18FN3O/c1-12(14-8-10-15(18)11-9-14)20-21-17(22)13(2)19-16-6-4-3-5-7-16/h3-11,13,19H,1-2H3,(H,21,22)/b20-12-/t13-/m0/s1. The van der Waals surface area contributed by atoms with Crippen LogP contribution < -0.4 is 10.7 Å². The maximum absolute atomic E-state index is 12.9. The second kappa shape index (κ2) is 7.36. The molecule has 0 bridgehead atoms. The minimum absolute atomic E-state index is 0.245. The Morgan fingerprint density at radius 1 is 1.09 bits per heavy atom. The third kappa shape index (κ3) is 4.41. The van der Waals surface area contributed by atoms with Crippen molar-refractivity contribution in [1.29, 1.82) is 0 Å². The lowest BCUT2D eigenvalue weighted by Gasteiger charge is -2.13. The van der Waals surface area contributed by atoms with Crippen LogP contribution in [0.5, 0.6) is 0 Å². The highest BCUT2D eigenvalue weighted by molar-refractivity contribution is 5.99. The molecule has 114 valence electrons. The fraction of sp³-hybridized carbons (Fsp3) is 0.176. The molecule has 4 nitrogen and oxygen atoms in total. The molecule has 0 spiro atoms. The van der Waals surface area contributed by atoms with Gasteiger partial charge in [0.25, 0.3) is 5.91 Å². The number of amides is 1. The zero-order valence-corrected chi connectivity index (χ0v) is 12.5. The normalized spacial score (nSPS) is 12.6. The summed E-state index contributed by atoms with van der Waals surface area (Å²) in [5.74, 6) is -0.549. The molecule has 0 aliphatic rings. The van der Waals surface area contributed by atoms with Gasteiger partial charge < -0.3 is 5.32 Å². The molecule has 2 N–H and O–H groups in total. The van der Waals surface area contributed by atoms with Gasteiger partial charge >= 0.3 is 0 Å². The quantitative estimate of drug-likeness (QED) is 0.658. The minimum Gasteiger partial charge on any atom is -0.374 e. The summed E-state index contributed by atoms with van der Waals surface area (Å²) in [5.41, 5.74) is 4.74. The summed E-state index contributed by atoms with van der Waals surface area (Å²) in [7, 11) is 0. The molecular formula is C17H18FN3O. The van der Waals surface area contributed by atoms with Crippen LogP contribution in [0.2, 0.25) is 0 Å². The van der Waals surface area contributed by atoms with Gasteiger partial charge in [-0.2, -0.15) is 5.10 Å². The van der Waals surface area contributed by atoms with Gasteiger partial charge in [-0.25, -0.2) is 9.82 Å². The molecule has 2 rings (SSSR count). The highest BCUT2D eigenvalue weighted by Crippen LogP contribution is 2.07. The molecule has 0 heterocycles. The second-order valence-corrected chi connectivity index (χ2v) is 4.91. The SMILES string of the molecule is C/C(=N/NC(=O)[C@H](C)Nc1ccccc1)c1ccc(F)cc1. The summed E-state index contributed by atoms with van der Waals surface area (Å²) < 4.78 is 12.9. The van der Waals surface area contributed by atoms with Crippen LogP contribution in [0.3, 0.4) is 0 Å². The lowest BCUT2D eigenvalue weighted by Crippen LogP contribution is -2.35. The second-order valence-electron chi connectivity index (χ2n) is 4.91. The molecule has 22 heavy (non-hydrogen) atoms. The van der Waals surface area contributed by atoms with Gasteiger partial charge in [0.15, 0.2) is 0 Å². The van der Waals surface area contributed by atoms with Crippen molar-refractivity contribution in [3.63, 3.8) is 0 Å². The largest absolute Gasteiger partial charge is 0.374 e. The van der Waals surface area contributed by atoms with E-state index < -0.39 is 6.04 Å². The van der Waals surface area contributed by atoms with E-state index in [0.717, 1.165) is 11.3 Å². The third-order valence-electron chi connectivity index (χ3n) is 3.15. The number of hydrogen-bond donors (Lipinski definition) is 2. The molecule has 0 saturated carbocycles. The van der Waals surface area contributed by atoms with Gasteiger partial charge in [0.1, 0.15) is 11.9 Å².